The Kier molecular flexibility index (Phi) is 4.41. The van der Waals surface area contributed by atoms with Gasteiger partial charge in [0.05, 0.1) is 35.2 Å². The second kappa shape index (κ2) is 6.88. The van der Waals surface area contributed by atoms with E-state index in [2.05, 4.69) is 25.4 Å². The van der Waals surface area contributed by atoms with Crippen LogP contribution in [0.25, 0.3) is 16.9 Å². The third kappa shape index (κ3) is 3.31. The van der Waals surface area contributed by atoms with Crippen molar-refractivity contribution in [2.24, 2.45) is 0 Å². The van der Waals surface area contributed by atoms with Crippen LogP contribution < -0.4 is 5.32 Å². The first-order valence-corrected chi connectivity index (χ1v) is 8.44. The molecule has 1 N–H and O–H groups in total. The molecule has 4 aromatic heterocycles. The molecule has 4 heterocycles. The van der Waals surface area contributed by atoms with E-state index >= 15 is 0 Å². The van der Waals surface area contributed by atoms with Gasteiger partial charge in [-0.2, -0.15) is 9.49 Å². The lowest BCUT2D eigenvalue weighted by Gasteiger charge is -2.15. The molecule has 0 bridgehead atoms. The number of hydrogen-bond acceptors (Lipinski definition) is 5. The number of hydrogen-bond donors (Lipinski definition) is 1. The summed E-state index contributed by atoms with van der Waals surface area (Å²) in [6, 6.07) is 7.91. The van der Waals surface area contributed by atoms with Crippen molar-refractivity contribution in [1.82, 2.24) is 24.6 Å². The third-order valence-corrected chi connectivity index (χ3v) is 4.28. The number of aromatic nitrogens is 5. The van der Waals surface area contributed by atoms with Gasteiger partial charge in [0.15, 0.2) is 16.8 Å². The Balaban J connectivity index is 1.72. The van der Waals surface area contributed by atoms with Crippen LogP contribution >= 0.6 is 11.6 Å². The van der Waals surface area contributed by atoms with Crippen molar-refractivity contribution in [2.45, 2.75) is 13.0 Å². The average molecular weight is 387 g/mol. The minimum Gasteiger partial charge on any atom is -0.359 e. The van der Waals surface area contributed by atoms with Crippen molar-refractivity contribution < 1.29 is 8.78 Å². The van der Waals surface area contributed by atoms with Gasteiger partial charge in [0.2, 0.25) is 5.82 Å². The summed E-state index contributed by atoms with van der Waals surface area (Å²) >= 11 is 5.98. The Bertz CT molecular complexity index is 1110. The topological polar surface area (TPSA) is 68.0 Å². The van der Waals surface area contributed by atoms with Gasteiger partial charge in [-0.15, -0.1) is 0 Å². The van der Waals surface area contributed by atoms with Gasteiger partial charge in [-0.3, -0.25) is 4.98 Å². The van der Waals surface area contributed by atoms with E-state index in [0.717, 1.165) is 11.7 Å². The smallest absolute Gasteiger partial charge is 0.202 e. The molecule has 9 heteroatoms. The standard InChI is InChI=1S/C18H13ClF2N6/c1-10(13-6-5-11(20)8-22-13)24-18-15(21)16(19)25-17(26-18)12-9-23-27-7-3-2-4-14(12)27/h2-10H,1H3,(H,24,25,26)/t10-/m0/s1. The molecule has 0 spiro atoms. The normalized spacial score (nSPS) is 12.3. The second-order valence-electron chi connectivity index (χ2n) is 5.86. The highest BCUT2D eigenvalue weighted by Gasteiger charge is 2.19. The molecule has 0 unspecified atom stereocenters. The fourth-order valence-corrected chi connectivity index (χ4v) is 2.83. The first-order chi connectivity index (χ1) is 13.0. The average Bonchev–Trinajstić information content (AvgIpc) is 3.10. The quantitative estimate of drug-likeness (QED) is 0.530. The summed E-state index contributed by atoms with van der Waals surface area (Å²) in [5.41, 5.74) is 1.91. The lowest BCUT2D eigenvalue weighted by Crippen LogP contribution is -2.12. The van der Waals surface area contributed by atoms with Gasteiger partial charge in [-0.25, -0.2) is 18.9 Å². The van der Waals surface area contributed by atoms with Crippen LogP contribution in [-0.2, 0) is 0 Å². The molecule has 6 nitrogen and oxygen atoms in total. The van der Waals surface area contributed by atoms with Gasteiger partial charge in [0, 0.05) is 6.20 Å². The van der Waals surface area contributed by atoms with Crippen LogP contribution in [0.4, 0.5) is 14.6 Å². The summed E-state index contributed by atoms with van der Waals surface area (Å²) in [7, 11) is 0. The van der Waals surface area contributed by atoms with E-state index < -0.39 is 17.7 Å². The molecule has 0 radical (unpaired) electrons. The number of rotatable bonds is 4. The maximum Gasteiger partial charge on any atom is 0.202 e. The van der Waals surface area contributed by atoms with Crippen LogP contribution in [0.3, 0.4) is 0 Å². The molecule has 0 saturated carbocycles. The number of fused-ring (bicyclic) bond motifs is 1. The highest BCUT2D eigenvalue weighted by atomic mass is 35.5. The van der Waals surface area contributed by atoms with E-state index in [1.165, 1.54) is 12.1 Å². The lowest BCUT2D eigenvalue weighted by atomic mass is 10.2. The fourth-order valence-electron chi connectivity index (χ4n) is 2.67. The van der Waals surface area contributed by atoms with Crippen LogP contribution in [0.2, 0.25) is 5.15 Å². The van der Waals surface area contributed by atoms with E-state index in [0.29, 0.717) is 11.3 Å². The number of pyridine rings is 2. The predicted octanol–water partition coefficient (Wildman–Crippen LogP) is 4.29. The largest absolute Gasteiger partial charge is 0.359 e. The molecule has 0 amide bonds. The number of anilines is 1. The Labute approximate surface area is 157 Å². The lowest BCUT2D eigenvalue weighted by molar-refractivity contribution is 0.610. The Morgan fingerprint density at radius 1 is 1.11 bits per heavy atom. The summed E-state index contributed by atoms with van der Waals surface area (Å²) < 4.78 is 29.2. The van der Waals surface area contributed by atoms with Gasteiger partial charge >= 0.3 is 0 Å². The number of nitrogens with zero attached hydrogens (tertiary/aromatic N) is 5. The Morgan fingerprint density at radius 3 is 2.74 bits per heavy atom. The van der Waals surface area contributed by atoms with Gasteiger partial charge in [-0.1, -0.05) is 17.7 Å². The van der Waals surface area contributed by atoms with Gasteiger partial charge in [-0.05, 0) is 31.2 Å². The monoisotopic (exact) mass is 386 g/mol. The molecule has 0 aliphatic heterocycles. The SMILES string of the molecule is C[C@H](Nc1nc(-c2cnn3ccccc23)nc(Cl)c1F)c1ccc(F)cn1. The summed E-state index contributed by atoms with van der Waals surface area (Å²) in [6.07, 6.45) is 4.47. The summed E-state index contributed by atoms with van der Waals surface area (Å²) in [6.45, 7) is 1.75. The van der Waals surface area contributed by atoms with Crippen LogP contribution in [0.1, 0.15) is 18.7 Å². The summed E-state index contributed by atoms with van der Waals surface area (Å²) in [5.74, 6) is -1.05. The Morgan fingerprint density at radius 2 is 1.96 bits per heavy atom. The molecule has 4 aromatic rings. The molecular weight excluding hydrogens is 374 g/mol. The van der Waals surface area contributed by atoms with Crippen molar-refractivity contribution >= 4 is 22.9 Å². The first-order valence-electron chi connectivity index (χ1n) is 8.06. The Hall–Kier alpha value is -3.13. The zero-order valence-corrected chi connectivity index (χ0v) is 14.8. The molecule has 0 aromatic carbocycles. The van der Waals surface area contributed by atoms with Crippen molar-refractivity contribution in [2.75, 3.05) is 5.32 Å². The maximum absolute atomic E-state index is 14.5. The van der Waals surface area contributed by atoms with Crippen LogP contribution in [0.5, 0.6) is 0 Å². The van der Waals surface area contributed by atoms with Crippen LogP contribution in [0, 0.1) is 11.6 Å². The molecule has 1 atom stereocenters. The van der Waals surface area contributed by atoms with E-state index in [1.54, 1.807) is 23.8 Å². The van der Waals surface area contributed by atoms with Crippen LogP contribution in [-0.4, -0.2) is 24.6 Å². The van der Waals surface area contributed by atoms with E-state index in [1.807, 2.05) is 18.2 Å². The molecule has 27 heavy (non-hydrogen) atoms. The number of nitrogens with one attached hydrogen (secondary N) is 1. The zero-order chi connectivity index (χ0) is 19.0. The predicted molar refractivity (Wildman–Crippen MR) is 97.4 cm³/mol. The van der Waals surface area contributed by atoms with E-state index in [9.17, 15) is 8.78 Å². The number of halogens is 3. The van der Waals surface area contributed by atoms with Crippen molar-refractivity contribution in [3.05, 3.63) is 71.4 Å². The maximum atomic E-state index is 14.5. The van der Waals surface area contributed by atoms with Crippen molar-refractivity contribution in [3.63, 3.8) is 0 Å². The minimum atomic E-state index is -0.772. The summed E-state index contributed by atoms with van der Waals surface area (Å²) in [5, 5.41) is 6.83. The van der Waals surface area contributed by atoms with Crippen molar-refractivity contribution in [3.8, 4) is 11.4 Å². The highest BCUT2D eigenvalue weighted by Crippen LogP contribution is 2.28. The van der Waals surface area contributed by atoms with E-state index in [-0.39, 0.29) is 16.8 Å². The minimum absolute atomic E-state index is 0.0705. The van der Waals surface area contributed by atoms with Gasteiger partial charge in [0.1, 0.15) is 5.82 Å². The second-order valence-corrected chi connectivity index (χ2v) is 6.21. The molecule has 0 aliphatic carbocycles. The molecule has 136 valence electrons. The van der Waals surface area contributed by atoms with Crippen molar-refractivity contribution in [1.29, 1.82) is 0 Å². The molecular formula is C18H13ClF2N6. The molecule has 0 saturated heterocycles. The highest BCUT2D eigenvalue weighted by molar-refractivity contribution is 6.29. The van der Waals surface area contributed by atoms with E-state index in [4.69, 9.17) is 11.6 Å². The molecule has 0 fully saturated rings. The molecule has 4 rings (SSSR count). The van der Waals surface area contributed by atoms with Crippen LogP contribution in [0.15, 0.2) is 48.9 Å². The first kappa shape index (κ1) is 17.3. The van der Waals surface area contributed by atoms with Gasteiger partial charge < -0.3 is 5.32 Å². The van der Waals surface area contributed by atoms with Gasteiger partial charge in [0.25, 0.3) is 0 Å². The fraction of sp³-hybridized carbons (Fsp3) is 0.111. The molecule has 0 aliphatic rings. The third-order valence-electron chi connectivity index (χ3n) is 4.03. The zero-order valence-electron chi connectivity index (χ0n) is 14.1. The summed E-state index contributed by atoms with van der Waals surface area (Å²) in [4.78, 5) is 12.3.